The zero-order valence-electron chi connectivity index (χ0n) is 15.7. The molecule has 0 N–H and O–H groups in total. The van der Waals surface area contributed by atoms with Crippen LogP contribution < -0.4 is 0 Å². The van der Waals surface area contributed by atoms with Crippen molar-refractivity contribution in [3.63, 3.8) is 0 Å². The van der Waals surface area contributed by atoms with Gasteiger partial charge < -0.3 is 4.74 Å². The van der Waals surface area contributed by atoms with E-state index in [2.05, 4.69) is 46.8 Å². The average Bonchev–Trinajstić information content (AvgIpc) is 2.68. The van der Waals surface area contributed by atoms with Gasteiger partial charge in [-0.3, -0.25) is 4.79 Å². The molecule has 142 valence electrons. The van der Waals surface area contributed by atoms with Gasteiger partial charge in [-0.1, -0.05) is 34.1 Å². The molecule has 1 aromatic carbocycles. The van der Waals surface area contributed by atoms with Crippen LogP contribution in [-0.4, -0.2) is 12.1 Å². The molecule has 0 atom stereocenters. The van der Waals surface area contributed by atoms with Crippen LogP contribution in [0.4, 0.5) is 0 Å². The molecule has 0 unspecified atom stereocenters. The van der Waals surface area contributed by atoms with E-state index >= 15 is 0 Å². The minimum atomic E-state index is -0.0524. The van der Waals surface area contributed by atoms with Crippen LogP contribution in [0.5, 0.6) is 0 Å². The van der Waals surface area contributed by atoms with Gasteiger partial charge in [-0.25, -0.2) is 0 Å². The van der Waals surface area contributed by atoms with Gasteiger partial charge in [-0.2, -0.15) is 0 Å². The Balaban J connectivity index is 1.40. The van der Waals surface area contributed by atoms with Crippen LogP contribution >= 0.6 is 15.9 Å². The predicted molar refractivity (Wildman–Crippen MR) is 110 cm³/mol. The van der Waals surface area contributed by atoms with Crippen LogP contribution in [0.2, 0.25) is 0 Å². The maximum absolute atomic E-state index is 11.8. The Kier molecular flexibility index (Phi) is 7.36. The molecule has 0 aliphatic heterocycles. The van der Waals surface area contributed by atoms with Crippen molar-refractivity contribution in [2.45, 2.75) is 76.2 Å². The van der Waals surface area contributed by atoms with Crippen molar-refractivity contribution in [3.05, 3.63) is 47.0 Å². The Bertz CT molecular complexity index is 579. The standard InChI is InChI=1S/C23H31BrO2/c1-2-3-4-23(25)26-22-15-11-20(12-16-22)18-7-5-17(6-8-18)19-9-13-21(24)14-10-19/h2,9-10,13-14,17-18,20,22H,1,3-8,11-12,15-16H2/t17-,18-,20?,22?. The molecule has 2 aliphatic carbocycles. The van der Waals surface area contributed by atoms with Crippen LogP contribution in [0.3, 0.4) is 0 Å². The van der Waals surface area contributed by atoms with E-state index in [-0.39, 0.29) is 12.1 Å². The van der Waals surface area contributed by atoms with E-state index in [0.29, 0.717) is 6.42 Å². The van der Waals surface area contributed by atoms with Crippen molar-refractivity contribution >= 4 is 21.9 Å². The van der Waals surface area contributed by atoms with Crippen molar-refractivity contribution in [2.24, 2.45) is 11.8 Å². The molecule has 0 heterocycles. The summed E-state index contributed by atoms with van der Waals surface area (Å²) >= 11 is 3.53. The molecule has 3 rings (SSSR count). The van der Waals surface area contributed by atoms with Gasteiger partial charge in [0.25, 0.3) is 0 Å². The first-order chi connectivity index (χ1) is 12.7. The number of carbonyl (C=O) groups is 1. The Labute approximate surface area is 166 Å². The van der Waals surface area contributed by atoms with E-state index in [4.69, 9.17) is 4.74 Å². The van der Waals surface area contributed by atoms with Crippen molar-refractivity contribution in [1.29, 1.82) is 0 Å². The Morgan fingerprint density at radius 3 is 2.15 bits per heavy atom. The van der Waals surface area contributed by atoms with E-state index in [0.717, 1.165) is 41.5 Å². The molecule has 2 fully saturated rings. The quantitative estimate of drug-likeness (QED) is 0.375. The van der Waals surface area contributed by atoms with E-state index in [1.54, 1.807) is 6.08 Å². The Hall–Kier alpha value is -1.09. The van der Waals surface area contributed by atoms with Crippen molar-refractivity contribution in [3.8, 4) is 0 Å². The van der Waals surface area contributed by atoms with Gasteiger partial charge in [0.1, 0.15) is 6.10 Å². The van der Waals surface area contributed by atoms with E-state index in [1.165, 1.54) is 44.1 Å². The molecule has 0 saturated heterocycles. The molecule has 0 aromatic heterocycles. The van der Waals surface area contributed by atoms with Gasteiger partial charge in [0, 0.05) is 10.9 Å². The third-order valence-corrected chi connectivity index (χ3v) is 6.88. The highest BCUT2D eigenvalue weighted by molar-refractivity contribution is 9.10. The molecule has 2 aliphatic rings. The lowest BCUT2D eigenvalue weighted by molar-refractivity contribution is -0.151. The second-order valence-corrected chi connectivity index (χ2v) is 8.93. The molecular formula is C23H31BrO2. The van der Waals surface area contributed by atoms with E-state index in [1.807, 2.05) is 0 Å². The fraction of sp³-hybridized carbons (Fsp3) is 0.609. The number of carbonyl (C=O) groups excluding carboxylic acids is 1. The second-order valence-electron chi connectivity index (χ2n) is 8.02. The first kappa shape index (κ1) is 19.7. The van der Waals surface area contributed by atoms with Gasteiger partial charge in [-0.05, 0) is 93.2 Å². The number of rotatable bonds is 6. The zero-order valence-corrected chi connectivity index (χ0v) is 17.3. The topological polar surface area (TPSA) is 26.3 Å². The molecule has 26 heavy (non-hydrogen) atoms. The van der Waals surface area contributed by atoms with Crippen LogP contribution in [0, 0.1) is 11.8 Å². The minimum absolute atomic E-state index is 0.0524. The normalized spacial score (nSPS) is 29.1. The summed E-state index contributed by atoms with van der Waals surface area (Å²) in [6.07, 6.45) is 13.1. The maximum Gasteiger partial charge on any atom is 0.306 e. The third-order valence-electron chi connectivity index (χ3n) is 6.35. The highest BCUT2D eigenvalue weighted by Crippen LogP contribution is 2.43. The predicted octanol–water partition coefficient (Wildman–Crippen LogP) is 6.79. The number of hydrogen-bond acceptors (Lipinski definition) is 2. The number of benzene rings is 1. The van der Waals surface area contributed by atoms with Crippen molar-refractivity contribution in [1.82, 2.24) is 0 Å². The summed E-state index contributed by atoms with van der Waals surface area (Å²) in [5.41, 5.74) is 1.50. The smallest absolute Gasteiger partial charge is 0.306 e. The largest absolute Gasteiger partial charge is 0.462 e. The molecule has 2 nitrogen and oxygen atoms in total. The average molecular weight is 419 g/mol. The lowest BCUT2D eigenvalue weighted by Gasteiger charge is -2.37. The summed E-state index contributed by atoms with van der Waals surface area (Å²) in [6.45, 7) is 3.66. The summed E-state index contributed by atoms with van der Waals surface area (Å²) in [5, 5.41) is 0. The Morgan fingerprint density at radius 2 is 1.58 bits per heavy atom. The van der Waals surface area contributed by atoms with E-state index < -0.39 is 0 Å². The van der Waals surface area contributed by atoms with Gasteiger partial charge in [-0.15, -0.1) is 6.58 Å². The number of allylic oxidation sites excluding steroid dienone is 1. The Morgan fingerprint density at radius 1 is 1.00 bits per heavy atom. The number of ether oxygens (including phenoxy) is 1. The molecule has 3 heteroatoms. The van der Waals surface area contributed by atoms with Crippen molar-refractivity contribution in [2.75, 3.05) is 0 Å². The van der Waals surface area contributed by atoms with Crippen LogP contribution in [0.25, 0.3) is 0 Å². The highest BCUT2D eigenvalue weighted by Gasteiger charge is 2.32. The lowest BCUT2D eigenvalue weighted by Crippen LogP contribution is -2.29. The maximum atomic E-state index is 11.8. The van der Waals surface area contributed by atoms with Crippen LogP contribution in [0.1, 0.15) is 75.7 Å². The van der Waals surface area contributed by atoms with Gasteiger partial charge >= 0.3 is 5.97 Å². The summed E-state index contributed by atoms with van der Waals surface area (Å²) in [5.74, 6) is 2.40. The minimum Gasteiger partial charge on any atom is -0.462 e. The fourth-order valence-corrected chi connectivity index (χ4v) is 5.07. The van der Waals surface area contributed by atoms with Crippen LogP contribution in [0.15, 0.2) is 41.4 Å². The molecule has 0 amide bonds. The number of esters is 1. The van der Waals surface area contributed by atoms with Gasteiger partial charge in [0.15, 0.2) is 0 Å². The summed E-state index contributed by atoms with van der Waals surface area (Å²) < 4.78 is 6.79. The second kappa shape index (κ2) is 9.73. The highest BCUT2D eigenvalue weighted by atomic mass is 79.9. The molecular weight excluding hydrogens is 388 g/mol. The third kappa shape index (κ3) is 5.45. The monoisotopic (exact) mass is 418 g/mol. The SMILES string of the molecule is C=CCCC(=O)OC1CCC([C@H]2CC[C@H](c3ccc(Br)cc3)CC2)CC1. The number of hydrogen-bond donors (Lipinski definition) is 0. The molecule has 0 radical (unpaired) electrons. The molecule has 2 saturated carbocycles. The van der Waals surface area contributed by atoms with E-state index in [9.17, 15) is 4.79 Å². The first-order valence-electron chi connectivity index (χ1n) is 10.2. The van der Waals surface area contributed by atoms with Gasteiger partial charge in [0.05, 0.1) is 0 Å². The molecule has 0 spiro atoms. The summed E-state index contributed by atoms with van der Waals surface area (Å²) in [7, 11) is 0. The summed E-state index contributed by atoms with van der Waals surface area (Å²) in [4.78, 5) is 11.8. The lowest BCUT2D eigenvalue weighted by atomic mass is 9.69. The first-order valence-corrected chi connectivity index (χ1v) is 11.0. The molecule has 0 bridgehead atoms. The van der Waals surface area contributed by atoms with Crippen molar-refractivity contribution < 1.29 is 9.53 Å². The van der Waals surface area contributed by atoms with Gasteiger partial charge in [0.2, 0.25) is 0 Å². The fourth-order valence-electron chi connectivity index (χ4n) is 4.80. The zero-order chi connectivity index (χ0) is 18.4. The number of halogens is 1. The van der Waals surface area contributed by atoms with Crippen LogP contribution in [-0.2, 0) is 9.53 Å². The summed E-state index contributed by atoms with van der Waals surface area (Å²) in [6, 6.07) is 8.89. The molecule has 1 aromatic rings.